The van der Waals surface area contributed by atoms with Crippen molar-refractivity contribution in [1.29, 1.82) is 0 Å². The van der Waals surface area contributed by atoms with Crippen molar-refractivity contribution in [3.05, 3.63) is 71.3 Å². The van der Waals surface area contributed by atoms with Crippen molar-refractivity contribution in [3.8, 4) is 0 Å². The number of hydrogen-bond donors (Lipinski definition) is 1. The number of nitrogens with one attached hydrogen (secondary N) is 1. The van der Waals surface area contributed by atoms with Crippen LogP contribution in [-0.4, -0.2) is 47.8 Å². The molecule has 2 aromatic rings. The lowest BCUT2D eigenvalue weighted by molar-refractivity contribution is -0.135. The highest BCUT2D eigenvalue weighted by molar-refractivity contribution is 5.88. The Morgan fingerprint density at radius 1 is 0.909 bits per heavy atom. The van der Waals surface area contributed by atoms with Crippen LogP contribution in [0.1, 0.15) is 56.2 Å². The van der Waals surface area contributed by atoms with Crippen molar-refractivity contribution in [2.45, 2.75) is 58.0 Å². The van der Waals surface area contributed by atoms with Gasteiger partial charge in [0.25, 0.3) is 0 Å². The SMILES string of the molecule is CC(=O)N1CCC(C(=O)NCc2ccc(CN3CCC(C)CC3)cc2)(c2ccccc2)CC1. The normalized spacial score (nSPS) is 19.3. The van der Waals surface area contributed by atoms with Gasteiger partial charge in [-0.2, -0.15) is 0 Å². The molecule has 2 amide bonds. The molecule has 1 N–H and O–H groups in total. The summed E-state index contributed by atoms with van der Waals surface area (Å²) in [4.78, 5) is 29.7. The summed E-state index contributed by atoms with van der Waals surface area (Å²) in [6, 6.07) is 18.7. The molecule has 0 aromatic heterocycles. The van der Waals surface area contributed by atoms with Gasteiger partial charge in [0.15, 0.2) is 0 Å². The third-order valence-corrected chi connectivity index (χ3v) is 7.58. The maximum Gasteiger partial charge on any atom is 0.231 e. The number of benzene rings is 2. The van der Waals surface area contributed by atoms with E-state index < -0.39 is 5.41 Å². The van der Waals surface area contributed by atoms with Crippen molar-refractivity contribution >= 4 is 11.8 Å². The topological polar surface area (TPSA) is 52.7 Å². The molecule has 0 spiro atoms. The zero-order valence-corrected chi connectivity index (χ0v) is 20.1. The maximum atomic E-state index is 13.5. The Morgan fingerprint density at radius 2 is 1.52 bits per heavy atom. The van der Waals surface area contributed by atoms with Gasteiger partial charge in [-0.1, -0.05) is 61.5 Å². The minimum atomic E-state index is -0.585. The van der Waals surface area contributed by atoms with Crippen molar-refractivity contribution in [2.75, 3.05) is 26.2 Å². The van der Waals surface area contributed by atoms with Crippen molar-refractivity contribution in [2.24, 2.45) is 5.92 Å². The summed E-state index contributed by atoms with van der Waals surface area (Å²) in [6.07, 6.45) is 3.88. The molecule has 5 heteroatoms. The predicted molar refractivity (Wildman–Crippen MR) is 132 cm³/mol. The molecule has 0 unspecified atom stereocenters. The summed E-state index contributed by atoms with van der Waals surface area (Å²) in [5.41, 5.74) is 2.90. The Kier molecular flexibility index (Phi) is 7.49. The second-order valence-corrected chi connectivity index (χ2v) is 9.91. The van der Waals surface area contributed by atoms with E-state index in [9.17, 15) is 9.59 Å². The van der Waals surface area contributed by atoms with Crippen LogP contribution in [0.3, 0.4) is 0 Å². The largest absolute Gasteiger partial charge is 0.351 e. The number of hydrogen-bond acceptors (Lipinski definition) is 3. The standard InChI is InChI=1S/C28H37N3O2/c1-22-12-16-30(17-13-22)21-25-10-8-24(9-11-25)20-29-27(33)28(26-6-4-3-5-7-26)14-18-31(19-15-28)23(2)32/h3-11,22H,12-21H2,1-2H3,(H,29,33). The summed E-state index contributed by atoms with van der Waals surface area (Å²) in [6.45, 7) is 9.06. The second kappa shape index (κ2) is 10.5. The molecule has 5 nitrogen and oxygen atoms in total. The van der Waals surface area contributed by atoms with Crippen LogP contribution in [0.4, 0.5) is 0 Å². The lowest BCUT2D eigenvalue weighted by Crippen LogP contribution is -2.52. The Labute approximate surface area is 198 Å². The highest BCUT2D eigenvalue weighted by Gasteiger charge is 2.43. The summed E-state index contributed by atoms with van der Waals surface area (Å²) in [5.74, 6) is 0.987. The van der Waals surface area contributed by atoms with E-state index in [1.54, 1.807) is 6.92 Å². The molecular formula is C28H37N3O2. The van der Waals surface area contributed by atoms with Gasteiger partial charge in [-0.3, -0.25) is 14.5 Å². The molecule has 2 saturated heterocycles. The van der Waals surface area contributed by atoms with E-state index in [1.165, 1.54) is 31.5 Å². The fourth-order valence-electron chi connectivity index (χ4n) is 5.20. The Morgan fingerprint density at radius 3 is 2.12 bits per heavy atom. The van der Waals surface area contributed by atoms with Crippen molar-refractivity contribution in [3.63, 3.8) is 0 Å². The first kappa shape index (κ1) is 23.5. The van der Waals surface area contributed by atoms with E-state index in [-0.39, 0.29) is 11.8 Å². The van der Waals surface area contributed by atoms with E-state index in [1.807, 2.05) is 35.2 Å². The first-order valence-corrected chi connectivity index (χ1v) is 12.4. The lowest BCUT2D eigenvalue weighted by atomic mass is 9.72. The maximum absolute atomic E-state index is 13.5. The summed E-state index contributed by atoms with van der Waals surface area (Å²) in [7, 11) is 0. The number of carbonyl (C=O) groups is 2. The molecule has 2 aliphatic rings. The van der Waals surface area contributed by atoms with Crippen LogP contribution in [0.2, 0.25) is 0 Å². The monoisotopic (exact) mass is 447 g/mol. The Bertz CT molecular complexity index is 925. The Balaban J connectivity index is 1.38. The van der Waals surface area contributed by atoms with Gasteiger partial charge < -0.3 is 10.2 Å². The first-order valence-electron chi connectivity index (χ1n) is 12.4. The quantitative estimate of drug-likeness (QED) is 0.725. The number of nitrogens with zero attached hydrogens (tertiary/aromatic N) is 2. The van der Waals surface area contributed by atoms with Crippen molar-refractivity contribution < 1.29 is 9.59 Å². The number of piperidine rings is 2. The number of likely N-dealkylation sites (tertiary alicyclic amines) is 2. The lowest BCUT2D eigenvalue weighted by Gasteiger charge is -2.40. The van der Waals surface area contributed by atoms with Gasteiger partial charge in [-0.05, 0) is 61.4 Å². The molecule has 0 bridgehead atoms. The molecule has 0 aliphatic carbocycles. The van der Waals surface area contributed by atoms with Crippen LogP contribution >= 0.6 is 0 Å². The molecular weight excluding hydrogens is 410 g/mol. The van der Waals surface area contributed by atoms with E-state index in [0.29, 0.717) is 32.5 Å². The molecule has 2 heterocycles. The van der Waals surface area contributed by atoms with E-state index >= 15 is 0 Å². The number of amides is 2. The zero-order valence-electron chi connectivity index (χ0n) is 20.1. The molecule has 176 valence electrons. The van der Waals surface area contributed by atoms with Gasteiger partial charge in [-0.25, -0.2) is 0 Å². The highest BCUT2D eigenvalue weighted by Crippen LogP contribution is 2.36. The van der Waals surface area contributed by atoms with Crippen LogP contribution in [0.15, 0.2) is 54.6 Å². The van der Waals surface area contributed by atoms with Crippen LogP contribution in [0.5, 0.6) is 0 Å². The van der Waals surface area contributed by atoms with Crippen LogP contribution in [-0.2, 0) is 28.1 Å². The summed E-state index contributed by atoms with van der Waals surface area (Å²) < 4.78 is 0. The zero-order chi connectivity index (χ0) is 23.3. The van der Waals surface area contributed by atoms with E-state index in [4.69, 9.17) is 0 Å². The molecule has 2 aliphatic heterocycles. The van der Waals surface area contributed by atoms with Crippen LogP contribution in [0, 0.1) is 5.92 Å². The van der Waals surface area contributed by atoms with Crippen molar-refractivity contribution in [1.82, 2.24) is 15.1 Å². The second-order valence-electron chi connectivity index (χ2n) is 9.91. The Hall–Kier alpha value is -2.66. The fourth-order valence-corrected chi connectivity index (χ4v) is 5.20. The molecule has 4 rings (SSSR count). The third-order valence-electron chi connectivity index (χ3n) is 7.58. The molecule has 33 heavy (non-hydrogen) atoms. The molecule has 0 radical (unpaired) electrons. The van der Waals surface area contributed by atoms with Gasteiger partial charge in [0.1, 0.15) is 0 Å². The third kappa shape index (κ3) is 5.64. The molecule has 2 fully saturated rings. The predicted octanol–water partition coefficient (Wildman–Crippen LogP) is 4.12. The minimum Gasteiger partial charge on any atom is -0.351 e. The fraction of sp³-hybridized carbons (Fsp3) is 0.500. The highest BCUT2D eigenvalue weighted by atomic mass is 16.2. The minimum absolute atomic E-state index is 0.0587. The first-order chi connectivity index (χ1) is 16.0. The smallest absolute Gasteiger partial charge is 0.231 e. The van der Waals surface area contributed by atoms with Crippen LogP contribution < -0.4 is 5.32 Å². The number of rotatable bonds is 6. The van der Waals surface area contributed by atoms with E-state index in [0.717, 1.165) is 23.6 Å². The van der Waals surface area contributed by atoms with Gasteiger partial charge in [0.05, 0.1) is 5.41 Å². The van der Waals surface area contributed by atoms with E-state index in [2.05, 4.69) is 41.4 Å². The van der Waals surface area contributed by atoms with Crippen LogP contribution in [0.25, 0.3) is 0 Å². The summed E-state index contributed by atoms with van der Waals surface area (Å²) in [5, 5.41) is 3.20. The average Bonchev–Trinajstić information content (AvgIpc) is 2.85. The van der Waals surface area contributed by atoms with Gasteiger partial charge >= 0.3 is 0 Å². The summed E-state index contributed by atoms with van der Waals surface area (Å²) >= 11 is 0. The van der Waals surface area contributed by atoms with Gasteiger partial charge in [-0.15, -0.1) is 0 Å². The van der Waals surface area contributed by atoms with Gasteiger partial charge in [0, 0.05) is 33.1 Å². The molecule has 2 aromatic carbocycles. The van der Waals surface area contributed by atoms with Gasteiger partial charge in [0.2, 0.25) is 11.8 Å². The molecule has 0 atom stereocenters. The molecule has 0 saturated carbocycles. The number of carbonyl (C=O) groups excluding carboxylic acids is 2. The average molecular weight is 448 g/mol.